The normalized spacial score (nSPS) is 13.7. The Morgan fingerprint density at radius 3 is 2.35 bits per heavy atom. The minimum atomic E-state index is -0.429. The van der Waals surface area contributed by atoms with E-state index in [2.05, 4.69) is 6.92 Å². The molecule has 1 aromatic carbocycles. The molecule has 150 valence electrons. The molecule has 0 saturated heterocycles. The Balaban J connectivity index is 2.30. The number of rotatable bonds is 17. The fourth-order valence-corrected chi connectivity index (χ4v) is 2.99. The molecule has 1 unspecified atom stereocenters. The second-order valence-electron chi connectivity index (χ2n) is 6.87. The molecule has 1 aromatic rings. The van der Waals surface area contributed by atoms with Crippen molar-refractivity contribution in [1.82, 2.24) is 0 Å². The van der Waals surface area contributed by atoms with Gasteiger partial charge in [-0.25, -0.2) is 0 Å². The molecule has 26 heavy (non-hydrogen) atoms. The van der Waals surface area contributed by atoms with Crippen molar-refractivity contribution in [3.63, 3.8) is 0 Å². The Labute approximate surface area is 159 Å². The van der Waals surface area contributed by atoms with Crippen LogP contribution in [0.25, 0.3) is 0 Å². The first kappa shape index (κ1) is 23.1. The molecule has 0 heterocycles. The van der Waals surface area contributed by atoms with Gasteiger partial charge in [0.15, 0.2) is 0 Å². The molecule has 0 amide bonds. The van der Waals surface area contributed by atoms with Crippen LogP contribution in [0.3, 0.4) is 0 Å². The average molecular weight is 367 g/mol. The summed E-state index contributed by atoms with van der Waals surface area (Å²) in [4.78, 5) is 0. The summed E-state index contributed by atoms with van der Waals surface area (Å²) < 4.78 is 16.3. The Kier molecular flexibility index (Phi) is 14.4. The molecule has 4 heteroatoms. The van der Waals surface area contributed by atoms with E-state index in [1.54, 1.807) is 7.11 Å². The Morgan fingerprint density at radius 2 is 1.62 bits per heavy atom. The van der Waals surface area contributed by atoms with E-state index in [1.807, 2.05) is 30.3 Å². The summed E-state index contributed by atoms with van der Waals surface area (Å²) in [7, 11) is 1.66. The van der Waals surface area contributed by atoms with E-state index in [1.165, 1.54) is 38.5 Å². The number of unbranched alkanes of at least 4 members (excludes halogenated alkanes) is 5. The highest BCUT2D eigenvalue weighted by Gasteiger charge is 2.14. The maximum absolute atomic E-state index is 10.4. The van der Waals surface area contributed by atoms with Gasteiger partial charge in [0.25, 0.3) is 0 Å². The summed E-state index contributed by atoms with van der Waals surface area (Å²) in [5, 5.41) is 10.4. The zero-order chi connectivity index (χ0) is 18.9. The number of hydrogen-bond donors (Lipinski definition) is 1. The van der Waals surface area contributed by atoms with Gasteiger partial charge in [-0.3, -0.25) is 0 Å². The van der Waals surface area contributed by atoms with Crippen molar-refractivity contribution in [2.24, 2.45) is 0 Å². The molecule has 0 fully saturated rings. The lowest BCUT2D eigenvalue weighted by Crippen LogP contribution is -2.17. The van der Waals surface area contributed by atoms with E-state index in [0.717, 1.165) is 18.4 Å². The molecular formula is C22H38O4. The highest BCUT2D eigenvalue weighted by Crippen LogP contribution is 2.22. The van der Waals surface area contributed by atoms with Crippen LogP contribution in [0.1, 0.15) is 76.4 Å². The van der Waals surface area contributed by atoms with Gasteiger partial charge in [-0.05, 0) is 24.8 Å². The van der Waals surface area contributed by atoms with Crippen LogP contribution in [-0.4, -0.2) is 38.3 Å². The van der Waals surface area contributed by atoms with E-state index in [9.17, 15) is 5.11 Å². The lowest BCUT2D eigenvalue weighted by atomic mass is 9.99. The first-order valence-corrected chi connectivity index (χ1v) is 10.2. The van der Waals surface area contributed by atoms with Crippen LogP contribution in [0.2, 0.25) is 0 Å². The van der Waals surface area contributed by atoms with Gasteiger partial charge in [0.05, 0.1) is 25.4 Å². The molecule has 0 saturated carbocycles. The Hall–Kier alpha value is -0.940. The molecule has 0 aromatic heterocycles. The fourth-order valence-electron chi connectivity index (χ4n) is 2.99. The molecule has 2 atom stereocenters. The third-order valence-corrected chi connectivity index (χ3v) is 4.64. The monoisotopic (exact) mass is 366 g/mol. The van der Waals surface area contributed by atoms with Crippen molar-refractivity contribution in [1.29, 1.82) is 0 Å². The summed E-state index contributed by atoms with van der Waals surface area (Å²) >= 11 is 0. The third-order valence-electron chi connectivity index (χ3n) is 4.64. The van der Waals surface area contributed by atoms with Crippen LogP contribution in [0, 0.1) is 0 Å². The molecule has 0 aliphatic rings. The van der Waals surface area contributed by atoms with Crippen LogP contribution in [0.5, 0.6) is 0 Å². The predicted molar refractivity (Wildman–Crippen MR) is 106 cm³/mol. The number of aliphatic hydroxyl groups excluding tert-OH is 1. The van der Waals surface area contributed by atoms with Crippen LogP contribution in [0.15, 0.2) is 30.3 Å². The molecule has 1 N–H and O–H groups in total. The molecular weight excluding hydrogens is 328 g/mol. The first-order chi connectivity index (χ1) is 12.8. The van der Waals surface area contributed by atoms with E-state index in [4.69, 9.17) is 14.2 Å². The molecule has 0 aliphatic heterocycles. The number of aliphatic hydroxyl groups is 1. The van der Waals surface area contributed by atoms with Gasteiger partial charge in [-0.15, -0.1) is 0 Å². The van der Waals surface area contributed by atoms with Gasteiger partial charge < -0.3 is 19.3 Å². The average Bonchev–Trinajstić information content (AvgIpc) is 2.68. The number of ether oxygens (including phenoxy) is 3. The van der Waals surface area contributed by atoms with Crippen LogP contribution < -0.4 is 0 Å². The van der Waals surface area contributed by atoms with E-state index in [-0.39, 0.29) is 6.10 Å². The van der Waals surface area contributed by atoms with E-state index in [0.29, 0.717) is 26.4 Å². The number of benzene rings is 1. The molecule has 0 radical (unpaired) electrons. The van der Waals surface area contributed by atoms with Gasteiger partial charge in [0.2, 0.25) is 0 Å². The Morgan fingerprint density at radius 1 is 0.885 bits per heavy atom. The molecule has 4 nitrogen and oxygen atoms in total. The van der Waals surface area contributed by atoms with Crippen molar-refractivity contribution in [2.45, 2.75) is 76.9 Å². The van der Waals surface area contributed by atoms with Crippen molar-refractivity contribution >= 4 is 0 Å². The smallest absolute Gasteiger partial charge is 0.147 e. The van der Waals surface area contributed by atoms with E-state index < -0.39 is 6.10 Å². The second kappa shape index (κ2) is 16.2. The summed E-state index contributed by atoms with van der Waals surface area (Å²) in [6.07, 6.45) is 9.97. The van der Waals surface area contributed by atoms with Crippen molar-refractivity contribution in [3.8, 4) is 0 Å². The van der Waals surface area contributed by atoms with Gasteiger partial charge in [0, 0.05) is 7.11 Å². The zero-order valence-electron chi connectivity index (χ0n) is 16.7. The highest BCUT2D eigenvalue weighted by molar-refractivity contribution is 5.17. The summed E-state index contributed by atoms with van der Waals surface area (Å²) in [6, 6.07) is 9.85. The van der Waals surface area contributed by atoms with Crippen molar-refractivity contribution in [2.75, 3.05) is 27.1 Å². The second-order valence-corrected chi connectivity index (χ2v) is 6.87. The Bertz CT molecular complexity index is 410. The maximum atomic E-state index is 10.4. The van der Waals surface area contributed by atoms with Crippen molar-refractivity contribution in [3.05, 3.63) is 35.9 Å². The largest absolute Gasteiger partial charge is 0.388 e. The lowest BCUT2D eigenvalue weighted by Gasteiger charge is -2.20. The molecule has 1 rings (SSSR count). The SMILES string of the molecule is CCCCCCCC[C@@H](CCC(O)c1ccccc1)OCOCCOC. The predicted octanol–water partition coefficient (Wildman–Crippen LogP) is 5.26. The fraction of sp³-hybridized carbons (Fsp3) is 0.727. The van der Waals surface area contributed by atoms with Crippen LogP contribution >= 0.6 is 0 Å². The van der Waals surface area contributed by atoms with Crippen molar-refractivity contribution < 1.29 is 19.3 Å². The van der Waals surface area contributed by atoms with E-state index >= 15 is 0 Å². The first-order valence-electron chi connectivity index (χ1n) is 10.2. The van der Waals surface area contributed by atoms with Crippen LogP contribution in [0.4, 0.5) is 0 Å². The topological polar surface area (TPSA) is 47.9 Å². The zero-order valence-corrected chi connectivity index (χ0v) is 16.7. The quantitative estimate of drug-likeness (QED) is 0.302. The van der Waals surface area contributed by atoms with Gasteiger partial charge in [-0.2, -0.15) is 0 Å². The van der Waals surface area contributed by atoms with Crippen LogP contribution in [-0.2, 0) is 14.2 Å². The summed E-state index contributed by atoms with van der Waals surface area (Å²) in [5.41, 5.74) is 0.974. The number of hydrogen-bond acceptors (Lipinski definition) is 4. The maximum Gasteiger partial charge on any atom is 0.147 e. The highest BCUT2D eigenvalue weighted by atomic mass is 16.7. The standard InChI is InChI=1S/C22H38O4/c1-3-4-5-6-7-11-14-21(26-19-25-18-17-24-2)15-16-22(23)20-12-9-8-10-13-20/h8-10,12-13,21-23H,3-7,11,14-19H2,1-2H3/t21-,22?/m0/s1. The molecule has 0 spiro atoms. The summed E-state index contributed by atoms with van der Waals surface area (Å²) in [6.45, 7) is 3.67. The minimum Gasteiger partial charge on any atom is -0.388 e. The molecule has 0 bridgehead atoms. The summed E-state index contributed by atoms with van der Waals surface area (Å²) in [5.74, 6) is 0. The van der Waals surface area contributed by atoms with Gasteiger partial charge >= 0.3 is 0 Å². The third kappa shape index (κ3) is 11.6. The molecule has 0 aliphatic carbocycles. The van der Waals surface area contributed by atoms with Gasteiger partial charge in [-0.1, -0.05) is 75.8 Å². The minimum absolute atomic E-state index is 0.141. The van der Waals surface area contributed by atoms with Gasteiger partial charge in [0.1, 0.15) is 6.79 Å². The number of methoxy groups -OCH3 is 1. The lowest BCUT2D eigenvalue weighted by molar-refractivity contribution is -0.104.